The van der Waals surface area contributed by atoms with Gasteiger partial charge in [-0.05, 0) is 62.2 Å². The monoisotopic (exact) mass is 447 g/mol. The Labute approximate surface area is 185 Å². The molecule has 2 amide bonds. The Morgan fingerprint density at radius 1 is 1.27 bits per heavy atom. The Morgan fingerprint density at radius 3 is 2.80 bits per heavy atom. The third kappa shape index (κ3) is 4.39. The molecule has 1 aromatic heterocycles. The first-order valence-corrected chi connectivity index (χ1v) is 11.3. The number of hydrogen-bond donors (Lipinski definition) is 2. The Bertz CT molecular complexity index is 955. The van der Waals surface area contributed by atoms with Gasteiger partial charge in [-0.3, -0.25) is 9.59 Å². The van der Waals surface area contributed by atoms with Gasteiger partial charge in [0.05, 0.1) is 15.8 Å². The van der Waals surface area contributed by atoms with Crippen LogP contribution < -0.4 is 10.6 Å². The summed E-state index contributed by atoms with van der Waals surface area (Å²) in [5.74, 6) is -0.568. The molecule has 1 aromatic carbocycles. The number of anilines is 1. The van der Waals surface area contributed by atoms with E-state index in [9.17, 15) is 9.59 Å². The number of likely N-dealkylation sites (N-methyl/N-ethyl adjacent to an activating group) is 1. The molecule has 160 valence electrons. The van der Waals surface area contributed by atoms with Gasteiger partial charge >= 0.3 is 0 Å². The number of carbonyl (C=O) groups is 2. The van der Waals surface area contributed by atoms with Gasteiger partial charge in [0, 0.05) is 31.3 Å². The molecule has 3 heterocycles. The predicted octanol–water partition coefficient (Wildman–Crippen LogP) is 3.35. The van der Waals surface area contributed by atoms with Crippen LogP contribution in [0.3, 0.4) is 0 Å². The zero-order valence-corrected chi connectivity index (χ0v) is 18.7. The third-order valence-corrected chi connectivity index (χ3v) is 7.30. The van der Waals surface area contributed by atoms with Crippen LogP contribution in [-0.4, -0.2) is 55.1 Å². The maximum atomic E-state index is 13.2. The number of nitrogens with one attached hydrogen (secondary N) is 2. The van der Waals surface area contributed by atoms with E-state index in [2.05, 4.69) is 41.6 Å². The molecule has 0 bridgehead atoms. The van der Waals surface area contributed by atoms with Crippen molar-refractivity contribution in [3.8, 4) is 0 Å². The van der Waals surface area contributed by atoms with Crippen LogP contribution in [0.25, 0.3) is 0 Å². The maximum absolute atomic E-state index is 13.2. The molecule has 0 aliphatic carbocycles. The van der Waals surface area contributed by atoms with Gasteiger partial charge in [0.15, 0.2) is 0 Å². The highest BCUT2D eigenvalue weighted by Gasteiger charge is 2.44. The molecule has 0 saturated carbocycles. The fraction of sp³-hybridized carbons (Fsp3) is 0.455. The minimum absolute atomic E-state index is 0.149. The molecule has 6 nitrogen and oxygen atoms in total. The summed E-state index contributed by atoms with van der Waals surface area (Å²) in [6.45, 7) is 3.82. The standard InChI is InChI=1S/C22H26ClN3O3S/c1-14-11-16-12-17(4-3-15(16)7-9-26(14)2)24-21(28)22(8-10-29-13-22)25-20(27)18-5-6-19(23)30-18/h3-6,12,14H,7-11,13H2,1-2H3,(H,24,28)(H,25,27)/t14-,22-/m0/s1. The molecule has 0 unspecified atom stereocenters. The summed E-state index contributed by atoms with van der Waals surface area (Å²) < 4.78 is 6.02. The number of fused-ring (bicyclic) bond motifs is 1. The van der Waals surface area contributed by atoms with E-state index in [0.29, 0.717) is 28.3 Å². The third-order valence-electron chi connectivity index (χ3n) is 6.07. The van der Waals surface area contributed by atoms with Crippen LogP contribution in [0, 0.1) is 0 Å². The number of hydrogen-bond acceptors (Lipinski definition) is 5. The highest BCUT2D eigenvalue weighted by molar-refractivity contribution is 7.18. The quantitative estimate of drug-likeness (QED) is 0.754. The van der Waals surface area contributed by atoms with Crippen molar-refractivity contribution in [2.75, 3.05) is 32.1 Å². The molecule has 2 atom stereocenters. The predicted molar refractivity (Wildman–Crippen MR) is 120 cm³/mol. The van der Waals surface area contributed by atoms with Crippen molar-refractivity contribution >= 4 is 40.4 Å². The number of ether oxygens (including phenoxy) is 1. The average molecular weight is 448 g/mol. The molecule has 2 aliphatic rings. The number of rotatable bonds is 4. The summed E-state index contributed by atoms with van der Waals surface area (Å²) in [4.78, 5) is 28.7. The topological polar surface area (TPSA) is 70.7 Å². The SMILES string of the molecule is C[C@H]1Cc2cc(NC(=O)[C@]3(NC(=O)c4ccc(Cl)s4)CCOC3)ccc2CCN1C. The highest BCUT2D eigenvalue weighted by Crippen LogP contribution is 2.27. The summed E-state index contributed by atoms with van der Waals surface area (Å²) in [5.41, 5.74) is 2.24. The van der Waals surface area contributed by atoms with E-state index in [-0.39, 0.29) is 18.4 Å². The van der Waals surface area contributed by atoms with Crippen LogP contribution in [0.4, 0.5) is 5.69 Å². The van der Waals surface area contributed by atoms with Crippen molar-refractivity contribution in [2.45, 2.75) is 37.8 Å². The van der Waals surface area contributed by atoms with Gasteiger partial charge in [-0.1, -0.05) is 17.7 Å². The van der Waals surface area contributed by atoms with E-state index in [1.165, 1.54) is 22.5 Å². The van der Waals surface area contributed by atoms with Gasteiger partial charge in [0.25, 0.3) is 11.8 Å². The number of carbonyl (C=O) groups excluding carboxylic acids is 2. The fourth-order valence-corrected chi connectivity index (χ4v) is 4.93. The summed E-state index contributed by atoms with van der Waals surface area (Å²) >= 11 is 7.13. The lowest BCUT2D eigenvalue weighted by atomic mass is 9.96. The lowest BCUT2D eigenvalue weighted by molar-refractivity contribution is -0.122. The minimum atomic E-state index is -1.09. The van der Waals surface area contributed by atoms with Crippen LogP contribution in [-0.2, 0) is 22.4 Å². The largest absolute Gasteiger partial charge is 0.378 e. The summed E-state index contributed by atoms with van der Waals surface area (Å²) in [5, 5.41) is 5.91. The van der Waals surface area contributed by atoms with E-state index in [0.717, 1.165) is 25.1 Å². The van der Waals surface area contributed by atoms with E-state index in [1.807, 2.05) is 6.07 Å². The second kappa shape index (κ2) is 8.67. The first-order valence-electron chi connectivity index (χ1n) is 10.2. The number of halogens is 1. The fourth-order valence-electron chi connectivity index (χ4n) is 3.99. The van der Waals surface area contributed by atoms with Crippen molar-refractivity contribution in [2.24, 2.45) is 0 Å². The van der Waals surface area contributed by atoms with E-state index in [4.69, 9.17) is 16.3 Å². The Kier molecular flexibility index (Phi) is 6.16. The van der Waals surface area contributed by atoms with E-state index >= 15 is 0 Å². The van der Waals surface area contributed by atoms with Gasteiger partial charge < -0.3 is 20.3 Å². The van der Waals surface area contributed by atoms with Crippen LogP contribution >= 0.6 is 22.9 Å². The van der Waals surface area contributed by atoms with Crippen molar-refractivity contribution in [3.63, 3.8) is 0 Å². The molecule has 2 aromatic rings. The second-order valence-corrected chi connectivity index (χ2v) is 9.88. The lowest BCUT2D eigenvalue weighted by Crippen LogP contribution is -2.57. The summed E-state index contributed by atoms with van der Waals surface area (Å²) in [6, 6.07) is 9.89. The summed E-state index contributed by atoms with van der Waals surface area (Å²) in [7, 11) is 2.15. The van der Waals surface area contributed by atoms with Gasteiger partial charge in [0.1, 0.15) is 5.54 Å². The van der Waals surface area contributed by atoms with Crippen LogP contribution in [0.15, 0.2) is 30.3 Å². The maximum Gasteiger partial charge on any atom is 0.262 e. The van der Waals surface area contributed by atoms with E-state index < -0.39 is 5.54 Å². The number of benzene rings is 1. The first-order chi connectivity index (χ1) is 14.4. The minimum Gasteiger partial charge on any atom is -0.378 e. The van der Waals surface area contributed by atoms with Crippen LogP contribution in [0.2, 0.25) is 4.34 Å². The average Bonchev–Trinajstić information content (AvgIpc) is 3.34. The van der Waals surface area contributed by atoms with Crippen LogP contribution in [0.5, 0.6) is 0 Å². The Hall–Kier alpha value is -1.93. The number of amides is 2. The van der Waals surface area contributed by atoms with Gasteiger partial charge in [0.2, 0.25) is 0 Å². The van der Waals surface area contributed by atoms with Crippen molar-refractivity contribution in [1.82, 2.24) is 10.2 Å². The normalized spacial score (nSPS) is 24.2. The molecule has 1 saturated heterocycles. The molecule has 0 spiro atoms. The van der Waals surface area contributed by atoms with Crippen LogP contribution in [0.1, 0.15) is 34.1 Å². The smallest absolute Gasteiger partial charge is 0.262 e. The van der Waals surface area contributed by atoms with Gasteiger partial charge in [-0.15, -0.1) is 11.3 Å². The zero-order chi connectivity index (χ0) is 21.3. The molecule has 8 heteroatoms. The Morgan fingerprint density at radius 2 is 2.10 bits per heavy atom. The molecule has 2 aliphatic heterocycles. The zero-order valence-electron chi connectivity index (χ0n) is 17.2. The van der Waals surface area contributed by atoms with Gasteiger partial charge in [-0.2, -0.15) is 0 Å². The molecule has 0 radical (unpaired) electrons. The number of thiophene rings is 1. The lowest BCUT2D eigenvalue weighted by Gasteiger charge is -2.27. The molecule has 1 fully saturated rings. The van der Waals surface area contributed by atoms with Gasteiger partial charge in [-0.25, -0.2) is 0 Å². The number of nitrogens with zero attached hydrogens (tertiary/aromatic N) is 1. The van der Waals surface area contributed by atoms with Crippen molar-refractivity contribution in [1.29, 1.82) is 0 Å². The van der Waals surface area contributed by atoms with Crippen molar-refractivity contribution in [3.05, 3.63) is 50.7 Å². The summed E-state index contributed by atoms with van der Waals surface area (Å²) in [6.07, 6.45) is 2.37. The molecule has 2 N–H and O–H groups in total. The molecule has 4 rings (SSSR count). The molecular formula is C22H26ClN3O3S. The first kappa shape index (κ1) is 21.3. The second-order valence-electron chi connectivity index (χ2n) is 8.16. The molecule has 30 heavy (non-hydrogen) atoms. The van der Waals surface area contributed by atoms with Crippen molar-refractivity contribution < 1.29 is 14.3 Å². The van der Waals surface area contributed by atoms with E-state index in [1.54, 1.807) is 12.1 Å². The highest BCUT2D eigenvalue weighted by atomic mass is 35.5. The molecular weight excluding hydrogens is 422 g/mol. The Balaban J connectivity index is 1.51.